The van der Waals surface area contributed by atoms with Crippen molar-refractivity contribution in [1.29, 1.82) is 0 Å². The maximum absolute atomic E-state index is 13.4. The van der Waals surface area contributed by atoms with Crippen molar-refractivity contribution < 1.29 is 27.9 Å². The minimum atomic E-state index is -5.22. The highest BCUT2D eigenvalue weighted by Crippen LogP contribution is 2.43. The molecule has 1 aliphatic rings. The number of nitrogens with zero attached hydrogens (tertiary/aromatic N) is 1. The van der Waals surface area contributed by atoms with E-state index in [2.05, 4.69) is 10.3 Å². The molecule has 1 aromatic heterocycles. The van der Waals surface area contributed by atoms with Crippen molar-refractivity contribution in [2.24, 2.45) is 5.92 Å². The first-order valence-corrected chi connectivity index (χ1v) is 7.36. The second-order valence-electron chi connectivity index (χ2n) is 5.88. The van der Waals surface area contributed by atoms with Crippen LogP contribution < -0.4 is 10.6 Å². The molecule has 0 radical (unpaired) electrons. The van der Waals surface area contributed by atoms with Crippen LogP contribution >= 0.6 is 0 Å². The van der Waals surface area contributed by atoms with Crippen LogP contribution in [0, 0.1) is 5.92 Å². The summed E-state index contributed by atoms with van der Waals surface area (Å²) < 4.78 is 40.2. The van der Waals surface area contributed by atoms with Crippen molar-refractivity contribution in [1.82, 2.24) is 15.6 Å². The van der Waals surface area contributed by atoms with Crippen LogP contribution in [0.2, 0.25) is 0 Å². The molecule has 6 nitrogen and oxygen atoms in total. The number of benzene rings is 1. The molecule has 0 unspecified atom stereocenters. The number of carbonyl (C=O) groups is 2. The van der Waals surface area contributed by atoms with Crippen LogP contribution in [0.3, 0.4) is 0 Å². The quantitative estimate of drug-likeness (QED) is 0.771. The number of aromatic nitrogens is 1. The van der Waals surface area contributed by atoms with Gasteiger partial charge in [0, 0.05) is 11.6 Å². The highest BCUT2D eigenvalue weighted by atomic mass is 19.4. The average Bonchev–Trinajstić information content (AvgIpc) is 2.52. The van der Waals surface area contributed by atoms with Crippen LogP contribution in [0.5, 0.6) is 0 Å². The Balaban J connectivity index is 2.14. The van der Waals surface area contributed by atoms with Crippen molar-refractivity contribution in [3.05, 3.63) is 42.1 Å². The van der Waals surface area contributed by atoms with Crippen molar-refractivity contribution in [2.45, 2.75) is 24.9 Å². The topological polar surface area (TPSA) is 91.3 Å². The Morgan fingerprint density at radius 3 is 2.68 bits per heavy atom. The summed E-state index contributed by atoms with van der Waals surface area (Å²) in [6.07, 6.45) is -3.66. The van der Waals surface area contributed by atoms with Gasteiger partial charge in [0.25, 0.3) is 0 Å². The van der Waals surface area contributed by atoms with Crippen LogP contribution in [0.15, 0.2) is 36.5 Å². The van der Waals surface area contributed by atoms with Gasteiger partial charge in [-0.3, -0.25) is 9.78 Å². The average molecular weight is 353 g/mol. The molecule has 1 aliphatic heterocycles. The van der Waals surface area contributed by atoms with Gasteiger partial charge in [-0.15, -0.1) is 0 Å². The lowest BCUT2D eigenvalue weighted by Crippen LogP contribution is -2.72. The lowest BCUT2D eigenvalue weighted by Gasteiger charge is -2.44. The molecule has 0 saturated carbocycles. The van der Waals surface area contributed by atoms with E-state index in [1.54, 1.807) is 24.4 Å². The number of ketones is 1. The Bertz CT molecular complexity index is 855. The largest absolute Gasteiger partial charge is 0.437 e. The van der Waals surface area contributed by atoms with Crippen LogP contribution in [-0.4, -0.2) is 33.8 Å². The molecule has 1 aromatic carbocycles. The van der Waals surface area contributed by atoms with Gasteiger partial charge in [-0.2, -0.15) is 13.2 Å². The number of aliphatic hydroxyl groups is 1. The fourth-order valence-corrected chi connectivity index (χ4v) is 3.09. The molecule has 0 spiro atoms. The minimum Gasteiger partial charge on any atom is -0.363 e. The van der Waals surface area contributed by atoms with E-state index in [0.717, 1.165) is 6.92 Å². The zero-order valence-corrected chi connectivity index (χ0v) is 13.0. The zero-order valence-electron chi connectivity index (χ0n) is 13.0. The van der Waals surface area contributed by atoms with Gasteiger partial charge in [-0.1, -0.05) is 12.1 Å². The second kappa shape index (κ2) is 5.69. The van der Waals surface area contributed by atoms with Crippen LogP contribution in [0.4, 0.5) is 18.0 Å². The zero-order chi connectivity index (χ0) is 18.4. The Morgan fingerprint density at radius 1 is 1.32 bits per heavy atom. The Kier molecular flexibility index (Phi) is 3.91. The molecule has 2 heterocycles. The summed E-state index contributed by atoms with van der Waals surface area (Å²) in [5, 5.41) is 14.5. The van der Waals surface area contributed by atoms with Crippen molar-refractivity contribution >= 4 is 22.7 Å². The Labute approximate surface area is 140 Å². The maximum atomic E-state index is 13.4. The molecule has 132 valence electrons. The molecule has 3 rings (SSSR count). The number of carbonyl (C=O) groups excluding carboxylic acids is 2. The molecular formula is C16H14F3N3O3. The smallest absolute Gasteiger partial charge is 0.363 e. The fourth-order valence-electron chi connectivity index (χ4n) is 3.09. The van der Waals surface area contributed by atoms with Crippen LogP contribution in [-0.2, 0) is 4.79 Å². The van der Waals surface area contributed by atoms with Gasteiger partial charge in [0.15, 0.2) is 0 Å². The van der Waals surface area contributed by atoms with E-state index in [4.69, 9.17) is 0 Å². The molecular weight excluding hydrogens is 339 g/mol. The standard InChI is InChI=1S/C16H14F3N3O3/c1-8(23)12-13(21-14(24)22-15(12,25)16(17,18)19)10-4-5-11-9(7-10)3-2-6-20-11/h2-7,12-13,25H,1H3,(H2,21,22,24)/t12-,13+,15-/m1/s1. The molecule has 9 heteroatoms. The third-order valence-electron chi connectivity index (χ3n) is 4.23. The summed E-state index contributed by atoms with van der Waals surface area (Å²) in [5.74, 6) is -2.86. The van der Waals surface area contributed by atoms with E-state index in [1.807, 2.05) is 0 Å². The summed E-state index contributed by atoms with van der Waals surface area (Å²) in [6, 6.07) is 5.37. The number of halogens is 3. The number of rotatable bonds is 2. The monoisotopic (exact) mass is 353 g/mol. The molecule has 0 aliphatic carbocycles. The molecule has 1 fully saturated rings. The summed E-state index contributed by atoms with van der Waals surface area (Å²) in [6.45, 7) is 0.941. The van der Waals surface area contributed by atoms with Gasteiger partial charge in [0.2, 0.25) is 5.72 Å². The van der Waals surface area contributed by atoms with E-state index < -0.39 is 35.7 Å². The van der Waals surface area contributed by atoms with Crippen molar-refractivity contribution in [3.8, 4) is 0 Å². The highest BCUT2D eigenvalue weighted by molar-refractivity contribution is 5.87. The Hall–Kier alpha value is -2.68. The van der Waals surface area contributed by atoms with E-state index in [1.165, 1.54) is 17.4 Å². The molecule has 1 saturated heterocycles. The van der Waals surface area contributed by atoms with Gasteiger partial charge in [-0.25, -0.2) is 4.79 Å². The minimum absolute atomic E-state index is 0.262. The normalized spacial score (nSPS) is 26.8. The maximum Gasteiger partial charge on any atom is 0.437 e. The van der Waals surface area contributed by atoms with Gasteiger partial charge >= 0.3 is 12.2 Å². The SMILES string of the molecule is CC(=O)[C@@H]1[C@H](c2ccc3ncccc3c2)NC(=O)N[C@]1(O)C(F)(F)F. The lowest BCUT2D eigenvalue weighted by atomic mass is 9.79. The summed E-state index contributed by atoms with van der Waals surface area (Å²) in [5.41, 5.74) is -2.79. The molecule has 0 bridgehead atoms. The third kappa shape index (κ3) is 2.80. The van der Waals surface area contributed by atoms with Crippen LogP contribution in [0.25, 0.3) is 10.9 Å². The highest BCUT2D eigenvalue weighted by Gasteiger charge is 2.65. The molecule has 3 atom stereocenters. The Morgan fingerprint density at radius 2 is 2.04 bits per heavy atom. The molecule has 3 N–H and O–H groups in total. The van der Waals surface area contributed by atoms with Gasteiger partial charge in [0.05, 0.1) is 17.5 Å². The number of nitrogens with one attached hydrogen (secondary N) is 2. The van der Waals surface area contributed by atoms with Gasteiger partial charge < -0.3 is 15.7 Å². The third-order valence-corrected chi connectivity index (χ3v) is 4.23. The number of amides is 2. The lowest BCUT2D eigenvalue weighted by molar-refractivity contribution is -0.290. The number of hydrogen-bond acceptors (Lipinski definition) is 4. The molecule has 2 amide bonds. The predicted octanol–water partition coefficient (Wildman–Crippen LogP) is 2.04. The fraction of sp³-hybridized carbons (Fsp3) is 0.312. The number of urea groups is 1. The van der Waals surface area contributed by atoms with E-state index in [9.17, 15) is 27.9 Å². The predicted molar refractivity (Wildman–Crippen MR) is 81.3 cm³/mol. The summed E-state index contributed by atoms with van der Waals surface area (Å²) >= 11 is 0. The van der Waals surface area contributed by atoms with E-state index in [-0.39, 0.29) is 5.56 Å². The number of fused-ring (bicyclic) bond motifs is 1. The number of Topliss-reactive ketones (excluding diaryl/α,β-unsaturated/α-hetero) is 1. The van der Waals surface area contributed by atoms with E-state index in [0.29, 0.717) is 10.9 Å². The first kappa shape index (κ1) is 17.2. The molecule has 2 aromatic rings. The summed E-state index contributed by atoms with van der Waals surface area (Å²) in [7, 11) is 0. The van der Waals surface area contributed by atoms with Crippen LogP contribution in [0.1, 0.15) is 18.5 Å². The molecule has 25 heavy (non-hydrogen) atoms. The first-order valence-electron chi connectivity index (χ1n) is 7.36. The summed E-state index contributed by atoms with van der Waals surface area (Å²) in [4.78, 5) is 27.8. The van der Waals surface area contributed by atoms with Crippen molar-refractivity contribution in [3.63, 3.8) is 0 Å². The number of hydrogen-bond donors (Lipinski definition) is 3. The number of pyridine rings is 1. The van der Waals surface area contributed by atoms with E-state index >= 15 is 0 Å². The van der Waals surface area contributed by atoms with Gasteiger partial charge in [-0.05, 0) is 30.7 Å². The first-order chi connectivity index (χ1) is 11.6. The number of alkyl halides is 3. The van der Waals surface area contributed by atoms with Crippen molar-refractivity contribution in [2.75, 3.05) is 0 Å². The van der Waals surface area contributed by atoms with Gasteiger partial charge in [0.1, 0.15) is 5.78 Å². The second-order valence-corrected chi connectivity index (χ2v) is 5.88.